The van der Waals surface area contributed by atoms with Crippen LogP contribution >= 0.6 is 0 Å². The smallest absolute Gasteiger partial charge is 0.0177 e. The van der Waals surface area contributed by atoms with E-state index in [1.807, 2.05) is 20.9 Å². The molecule has 2 atom stereocenters. The van der Waals surface area contributed by atoms with E-state index < -0.39 is 0 Å². The van der Waals surface area contributed by atoms with Crippen molar-refractivity contribution >= 4 is 32.3 Å². The quantitative estimate of drug-likeness (QED) is 0.342. The van der Waals surface area contributed by atoms with Crippen molar-refractivity contribution < 1.29 is 0 Å². The Morgan fingerprint density at radius 1 is 0.833 bits per heavy atom. The van der Waals surface area contributed by atoms with Crippen LogP contribution in [-0.2, 0) is 0 Å². The molecule has 0 heterocycles. The summed E-state index contributed by atoms with van der Waals surface area (Å²) in [4.78, 5) is 0. The number of hydrogen-bond acceptors (Lipinski definition) is 1. The van der Waals surface area contributed by atoms with Crippen LogP contribution in [0.2, 0.25) is 0 Å². The van der Waals surface area contributed by atoms with E-state index >= 15 is 0 Å². The molecule has 0 amide bonds. The first-order valence-corrected chi connectivity index (χ1v) is 11.1. The second kappa shape index (κ2) is 8.36. The zero-order chi connectivity index (χ0) is 21.1. The SMILES string of the molecule is CC.CN/C=C\C12CC1C=CC=C2C.c1cc2ccc3cccc4ccc(c1)c2c34. The Balaban J connectivity index is 0.000000140. The molecule has 2 unspecified atom stereocenters. The molecule has 0 aliphatic heterocycles. The second-order valence-corrected chi connectivity index (χ2v) is 8.00. The molecule has 0 spiro atoms. The summed E-state index contributed by atoms with van der Waals surface area (Å²) in [6.45, 7) is 6.23. The Morgan fingerprint density at radius 2 is 1.33 bits per heavy atom. The Labute approximate surface area is 180 Å². The summed E-state index contributed by atoms with van der Waals surface area (Å²) in [5, 5.41) is 11.2. The zero-order valence-corrected chi connectivity index (χ0v) is 18.4. The van der Waals surface area contributed by atoms with E-state index in [0.29, 0.717) is 5.41 Å². The summed E-state index contributed by atoms with van der Waals surface area (Å²) in [7, 11) is 1.95. The molecule has 0 aromatic heterocycles. The van der Waals surface area contributed by atoms with Crippen LogP contribution < -0.4 is 5.32 Å². The van der Waals surface area contributed by atoms with Gasteiger partial charge in [-0.05, 0) is 57.8 Å². The number of allylic oxidation sites excluding steroid dienone is 5. The van der Waals surface area contributed by atoms with Gasteiger partial charge in [-0.2, -0.15) is 0 Å². The molecule has 4 aromatic rings. The molecule has 2 aliphatic rings. The van der Waals surface area contributed by atoms with Crippen LogP contribution in [0.5, 0.6) is 0 Å². The molecule has 4 aromatic carbocycles. The minimum absolute atomic E-state index is 0.387. The van der Waals surface area contributed by atoms with Crippen molar-refractivity contribution in [2.75, 3.05) is 7.05 Å². The highest BCUT2D eigenvalue weighted by molar-refractivity contribution is 6.22. The summed E-state index contributed by atoms with van der Waals surface area (Å²) < 4.78 is 0. The molecule has 0 saturated heterocycles. The fourth-order valence-corrected chi connectivity index (χ4v) is 4.71. The molecule has 1 heteroatoms. The lowest BCUT2D eigenvalue weighted by atomic mass is 9.91. The maximum Gasteiger partial charge on any atom is 0.0177 e. The number of fused-ring (bicyclic) bond motifs is 1. The van der Waals surface area contributed by atoms with Crippen molar-refractivity contribution in [3.8, 4) is 0 Å². The van der Waals surface area contributed by atoms with Crippen molar-refractivity contribution in [1.29, 1.82) is 0 Å². The fraction of sp³-hybridized carbons (Fsp3) is 0.241. The zero-order valence-electron chi connectivity index (χ0n) is 18.4. The van der Waals surface area contributed by atoms with E-state index in [1.165, 1.54) is 44.3 Å². The van der Waals surface area contributed by atoms with Crippen LogP contribution in [0.3, 0.4) is 0 Å². The van der Waals surface area contributed by atoms with Gasteiger partial charge in [0, 0.05) is 12.5 Å². The Hall–Kier alpha value is -3.06. The van der Waals surface area contributed by atoms with E-state index in [0.717, 1.165) is 5.92 Å². The molecular formula is C29H31N. The predicted molar refractivity (Wildman–Crippen MR) is 133 cm³/mol. The highest BCUT2D eigenvalue weighted by atomic mass is 14.8. The van der Waals surface area contributed by atoms with Crippen LogP contribution in [0.15, 0.2) is 96.7 Å². The topological polar surface area (TPSA) is 12.0 Å². The molecule has 1 saturated carbocycles. The normalized spacial score (nSPS) is 21.6. The average molecular weight is 394 g/mol. The number of benzene rings is 4. The predicted octanol–water partition coefficient (Wildman–Crippen LogP) is 7.85. The van der Waals surface area contributed by atoms with Gasteiger partial charge in [0.1, 0.15) is 0 Å². The molecular weight excluding hydrogens is 362 g/mol. The number of rotatable bonds is 2. The Bertz CT molecular complexity index is 1110. The average Bonchev–Trinajstić information content (AvgIpc) is 3.54. The van der Waals surface area contributed by atoms with E-state index in [1.54, 1.807) is 0 Å². The van der Waals surface area contributed by atoms with Gasteiger partial charge in [-0.3, -0.25) is 0 Å². The Kier molecular flexibility index (Phi) is 5.63. The van der Waals surface area contributed by atoms with Gasteiger partial charge < -0.3 is 5.32 Å². The van der Waals surface area contributed by atoms with E-state index in [9.17, 15) is 0 Å². The molecule has 30 heavy (non-hydrogen) atoms. The number of nitrogens with one attached hydrogen (secondary N) is 1. The molecule has 152 valence electrons. The summed E-state index contributed by atoms with van der Waals surface area (Å²) in [5.74, 6) is 0.770. The molecule has 1 N–H and O–H groups in total. The molecule has 0 bridgehead atoms. The van der Waals surface area contributed by atoms with Crippen molar-refractivity contribution in [3.05, 3.63) is 96.7 Å². The number of hydrogen-bond donors (Lipinski definition) is 1. The van der Waals surface area contributed by atoms with Crippen LogP contribution in [0.1, 0.15) is 27.2 Å². The summed E-state index contributed by atoms with van der Waals surface area (Å²) >= 11 is 0. The van der Waals surface area contributed by atoms with Crippen LogP contribution in [0, 0.1) is 11.3 Å². The van der Waals surface area contributed by atoms with E-state index in [2.05, 4.69) is 103 Å². The third kappa shape index (κ3) is 3.39. The van der Waals surface area contributed by atoms with Crippen molar-refractivity contribution in [2.45, 2.75) is 27.2 Å². The first-order valence-electron chi connectivity index (χ1n) is 11.1. The minimum atomic E-state index is 0.387. The van der Waals surface area contributed by atoms with Gasteiger partial charge in [0.25, 0.3) is 0 Å². The lowest BCUT2D eigenvalue weighted by molar-refractivity contribution is 0.717. The lowest BCUT2D eigenvalue weighted by Gasteiger charge is -2.14. The first kappa shape index (κ1) is 20.2. The van der Waals surface area contributed by atoms with E-state index in [-0.39, 0.29) is 0 Å². The summed E-state index contributed by atoms with van der Waals surface area (Å²) in [5.41, 5.74) is 1.89. The highest BCUT2D eigenvalue weighted by Crippen LogP contribution is 2.61. The van der Waals surface area contributed by atoms with Gasteiger partial charge in [-0.25, -0.2) is 0 Å². The highest BCUT2D eigenvalue weighted by Gasteiger charge is 2.52. The Morgan fingerprint density at radius 3 is 1.77 bits per heavy atom. The fourth-order valence-electron chi connectivity index (χ4n) is 4.71. The maximum atomic E-state index is 3.06. The monoisotopic (exact) mass is 393 g/mol. The second-order valence-electron chi connectivity index (χ2n) is 8.00. The van der Waals surface area contributed by atoms with Gasteiger partial charge in [-0.1, -0.05) is 104 Å². The van der Waals surface area contributed by atoms with Gasteiger partial charge in [0.05, 0.1) is 0 Å². The standard InChI is InChI=1S/C16H10.C11H15N.C2H6/c1-3-11-7-9-13-5-2-6-14-10-8-12(4-1)15(11)16(13)14;1-9-4-3-5-10-8-11(9,10)6-7-12-2;1-2/h1-10H;3-7,10,12H,8H2,1-2H3;1-2H3/b;7-6-;. The van der Waals surface area contributed by atoms with Gasteiger partial charge >= 0.3 is 0 Å². The third-order valence-corrected chi connectivity index (χ3v) is 6.42. The molecule has 1 fully saturated rings. The van der Waals surface area contributed by atoms with Crippen molar-refractivity contribution in [2.24, 2.45) is 11.3 Å². The van der Waals surface area contributed by atoms with Crippen LogP contribution in [-0.4, -0.2) is 7.05 Å². The lowest BCUT2D eigenvalue weighted by Crippen LogP contribution is -2.05. The first-order chi connectivity index (χ1) is 14.7. The van der Waals surface area contributed by atoms with Gasteiger partial charge in [0.15, 0.2) is 0 Å². The van der Waals surface area contributed by atoms with Crippen molar-refractivity contribution in [3.63, 3.8) is 0 Å². The molecule has 6 rings (SSSR count). The minimum Gasteiger partial charge on any atom is -0.394 e. The van der Waals surface area contributed by atoms with E-state index in [4.69, 9.17) is 0 Å². The van der Waals surface area contributed by atoms with Gasteiger partial charge in [0.2, 0.25) is 0 Å². The molecule has 1 nitrogen and oxygen atoms in total. The maximum absolute atomic E-state index is 3.06. The van der Waals surface area contributed by atoms with Crippen LogP contribution in [0.4, 0.5) is 0 Å². The molecule has 2 aliphatic carbocycles. The third-order valence-electron chi connectivity index (χ3n) is 6.42. The summed E-state index contributed by atoms with van der Waals surface area (Å²) in [6, 6.07) is 21.9. The molecule has 0 radical (unpaired) electrons. The summed E-state index contributed by atoms with van der Waals surface area (Å²) in [6.07, 6.45) is 12.4. The van der Waals surface area contributed by atoms with Gasteiger partial charge in [-0.15, -0.1) is 0 Å². The van der Waals surface area contributed by atoms with Crippen LogP contribution in [0.25, 0.3) is 32.3 Å². The van der Waals surface area contributed by atoms with Crippen molar-refractivity contribution in [1.82, 2.24) is 5.32 Å². The largest absolute Gasteiger partial charge is 0.394 e.